The molecule has 17 heavy (non-hydrogen) atoms. The van der Waals surface area contributed by atoms with Gasteiger partial charge in [0.05, 0.1) is 11.6 Å². The first-order chi connectivity index (χ1) is 7.93. The van der Waals surface area contributed by atoms with Crippen molar-refractivity contribution in [1.82, 2.24) is 10.6 Å². The van der Waals surface area contributed by atoms with Crippen LogP contribution in [0.3, 0.4) is 0 Å². The number of nitrogens with one attached hydrogen (secondary N) is 2. The maximum absolute atomic E-state index is 11.7. The second-order valence-electron chi connectivity index (χ2n) is 4.95. The van der Waals surface area contributed by atoms with Gasteiger partial charge < -0.3 is 15.7 Å². The molecule has 0 saturated carbocycles. The third-order valence-corrected chi connectivity index (χ3v) is 3.02. The fourth-order valence-corrected chi connectivity index (χ4v) is 1.33. The number of aliphatic hydroxyl groups is 1. The Balaban J connectivity index is 3.74. The average Bonchev–Trinajstić information content (AvgIpc) is 2.31. The lowest BCUT2D eigenvalue weighted by atomic mass is 10.0. The zero-order valence-corrected chi connectivity index (χ0v) is 11.7. The number of amides is 1. The normalized spacial score (nSPS) is 16.3. The van der Waals surface area contributed by atoms with Crippen LogP contribution in [0.5, 0.6) is 0 Å². The van der Waals surface area contributed by atoms with Crippen LogP contribution in [-0.4, -0.2) is 35.7 Å². The van der Waals surface area contributed by atoms with Crippen LogP contribution in [-0.2, 0) is 4.79 Å². The molecule has 0 rings (SSSR count). The van der Waals surface area contributed by atoms with Crippen LogP contribution < -0.4 is 10.6 Å². The van der Waals surface area contributed by atoms with Gasteiger partial charge in [-0.05, 0) is 26.7 Å². The summed E-state index contributed by atoms with van der Waals surface area (Å²) in [4.78, 5) is 11.7. The molecule has 4 heteroatoms. The van der Waals surface area contributed by atoms with Gasteiger partial charge in [-0.25, -0.2) is 0 Å². The Morgan fingerprint density at radius 3 is 2.53 bits per heavy atom. The Morgan fingerprint density at radius 1 is 1.35 bits per heavy atom. The van der Waals surface area contributed by atoms with Gasteiger partial charge in [-0.1, -0.05) is 26.7 Å². The van der Waals surface area contributed by atoms with Crippen molar-refractivity contribution in [2.24, 2.45) is 0 Å². The van der Waals surface area contributed by atoms with Gasteiger partial charge in [0, 0.05) is 13.1 Å². The molecule has 0 heterocycles. The molecule has 2 atom stereocenters. The smallest absolute Gasteiger partial charge is 0.236 e. The van der Waals surface area contributed by atoms with Crippen LogP contribution in [0.1, 0.15) is 53.4 Å². The van der Waals surface area contributed by atoms with E-state index in [4.69, 9.17) is 0 Å². The third kappa shape index (κ3) is 8.16. The van der Waals surface area contributed by atoms with E-state index >= 15 is 0 Å². The summed E-state index contributed by atoms with van der Waals surface area (Å²) in [7, 11) is 0. The van der Waals surface area contributed by atoms with Crippen molar-refractivity contribution in [1.29, 1.82) is 0 Å². The van der Waals surface area contributed by atoms with Gasteiger partial charge in [-0.3, -0.25) is 4.79 Å². The molecule has 0 bridgehead atoms. The SMILES string of the molecule is CCCCCNC(=O)C(C)NCC(C)(O)CC. The molecular weight excluding hydrogens is 216 g/mol. The molecule has 0 aliphatic rings. The quantitative estimate of drug-likeness (QED) is 0.538. The number of rotatable bonds is 9. The predicted molar refractivity (Wildman–Crippen MR) is 70.9 cm³/mol. The molecule has 0 aromatic rings. The minimum atomic E-state index is -0.739. The molecule has 0 aliphatic heterocycles. The summed E-state index contributed by atoms with van der Waals surface area (Å²) in [6, 6.07) is -0.255. The van der Waals surface area contributed by atoms with Gasteiger partial charge >= 0.3 is 0 Å². The van der Waals surface area contributed by atoms with Crippen molar-refractivity contribution in [3.8, 4) is 0 Å². The highest BCUT2D eigenvalue weighted by Crippen LogP contribution is 2.06. The molecule has 0 aromatic carbocycles. The lowest BCUT2D eigenvalue weighted by molar-refractivity contribution is -0.123. The highest BCUT2D eigenvalue weighted by molar-refractivity contribution is 5.81. The summed E-state index contributed by atoms with van der Waals surface area (Å²) < 4.78 is 0. The van der Waals surface area contributed by atoms with Crippen LogP contribution in [0.2, 0.25) is 0 Å². The first-order valence-electron chi connectivity index (χ1n) is 6.66. The molecule has 0 saturated heterocycles. The van der Waals surface area contributed by atoms with Crippen molar-refractivity contribution < 1.29 is 9.90 Å². The van der Waals surface area contributed by atoms with E-state index in [0.717, 1.165) is 25.8 Å². The lowest BCUT2D eigenvalue weighted by Crippen LogP contribution is -2.48. The summed E-state index contributed by atoms with van der Waals surface area (Å²) in [6.07, 6.45) is 4.00. The Kier molecular flexibility index (Phi) is 8.17. The number of hydrogen-bond donors (Lipinski definition) is 3. The Hall–Kier alpha value is -0.610. The molecule has 0 radical (unpaired) electrons. The van der Waals surface area contributed by atoms with E-state index in [1.807, 2.05) is 13.8 Å². The van der Waals surface area contributed by atoms with Crippen molar-refractivity contribution >= 4 is 5.91 Å². The second kappa shape index (κ2) is 8.48. The Labute approximate surface area is 105 Å². The Bertz CT molecular complexity index is 217. The number of carbonyl (C=O) groups excluding carboxylic acids is 1. The molecule has 4 nitrogen and oxygen atoms in total. The molecule has 1 amide bonds. The number of unbranched alkanes of at least 4 members (excludes halogenated alkanes) is 2. The van der Waals surface area contributed by atoms with Crippen molar-refractivity contribution in [2.45, 2.75) is 65.0 Å². The van der Waals surface area contributed by atoms with Gasteiger partial charge in [0.25, 0.3) is 0 Å². The van der Waals surface area contributed by atoms with E-state index < -0.39 is 5.60 Å². The largest absolute Gasteiger partial charge is 0.389 e. The van der Waals surface area contributed by atoms with Crippen LogP contribution >= 0.6 is 0 Å². The van der Waals surface area contributed by atoms with Gasteiger partial charge in [-0.2, -0.15) is 0 Å². The number of carbonyl (C=O) groups is 1. The summed E-state index contributed by atoms with van der Waals surface area (Å²) in [5.41, 5.74) is -0.739. The standard InChI is InChI=1S/C13H28N2O2/c1-5-7-8-9-14-12(16)11(3)15-10-13(4,17)6-2/h11,15,17H,5-10H2,1-4H3,(H,14,16). The molecule has 3 N–H and O–H groups in total. The molecule has 0 fully saturated rings. The zero-order valence-electron chi connectivity index (χ0n) is 11.7. The minimum absolute atomic E-state index is 0.00741. The fourth-order valence-electron chi connectivity index (χ4n) is 1.33. The molecule has 0 aromatic heterocycles. The summed E-state index contributed by atoms with van der Waals surface area (Å²) >= 11 is 0. The monoisotopic (exact) mass is 244 g/mol. The van der Waals surface area contributed by atoms with Gasteiger partial charge in [0.2, 0.25) is 5.91 Å². The molecule has 0 aliphatic carbocycles. The molecular formula is C13H28N2O2. The van der Waals surface area contributed by atoms with Crippen LogP contribution in [0, 0.1) is 0 Å². The van der Waals surface area contributed by atoms with Crippen LogP contribution in [0.25, 0.3) is 0 Å². The van der Waals surface area contributed by atoms with Crippen molar-refractivity contribution in [3.05, 3.63) is 0 Å². The van der Waals surface area contributed by atoms with E-state index in [0.29, 0.717) is 13.0 Å². The van der Waals surface area contributed by atoms with Crippen molar-refractivity contribution in [2.75, 3.05) is 13.1 Å². The van der Waals surface area contributed by atoms with E-state index in [1.54, 1.807) is 6.92 Å². The lowest BCUT2D eigenvalue weighted by Gasteiger charge is -2.24. The first kappa shape index (κ1) is 16.4. The molecule has 0 spiro atoms. The predicted octanol–water partition coefficient (Wildman–Crippen LogP) is 1.43. The Morgan fingerprint density at radius 2 is 2.00 bits per heavy atom. The highest BCUT2D eigenvalue weighted by Gasteiger charge is 2.20. The van der Waals surface area contributed by atoms with E-state index in [1.165, 1.54) is 0 Å². The fraction of sp³-hybridized carbons (Fsp3) is 0.923. The summed E-state index contributed by atoms with van der Waals surface area (Å²) in [6.45, 7) is 8.83. The van der Waals surface area contributed by atoms with Gasteiger partial charge in [0.15, 0.2) is 0 Å². The van der Waals surface area contributed by atoms with Crippen molar-refractivity contribution in [3.63, 3.8) is 0 Å². The first-order valence-corrected chi connectivity index (χ1v) is 6.66. The van der Waals surface area contributed by atoms with E-state index in [-0.39, 0.29) is 11.9 Å². The third-order valence-electron chi connectivity index (χ3n) is 3.02. The van der Waals surface area contributed by atoms with E-state index in [2.05, 4.69) is 17.6 Å². The topological polar surface area (TPSA) is 61.4 Å². The summed E-state index contributed by atoms with van der Waals surface area (Å²) in [5, 5.41) is 15.7. The average molecular weight is 244 g/mol. The summed E-state index contributed by atoms with van der Waals surface area (Å²) in [5.74, 6) is 0.00741. The zero-order chi connectivity index (χ0) is 13.3. The van der Waals surface area contributed by atoms with Crippen LogP contribution in [0.15, 0.2) is 0 Å². The maximum atomic E-state index is 11.7. The second-order valence-corrected chi connectivity index (χ2v) is 4.95. The minimum Gasteiger partial charge on any atom is -0.389 e. The number of hydrogen-bond acceptors (Lipinski definition) is 3. The van der Waals surface area contributed by atoms with E-state index in [9.17, 15) is 9.90 Å². The van der Waals surface area contributed by atoms with Crippen LogP contribution in [0.4, 0.5) is 0 Å². The molecule has 102 valence electrons. The highest BCUT2D eigenvalue weighted by atomic mass is 16.3. The van der Waals surface area contributed by atoms with Gasteiger partial charge in [-0.15, -0.1) is 0 Å². The van der Waals surface area contributed by atoms with Gasteiger partial charge in [0.1, 0.15) is 0 Å². The maximum Gasteiger partial charge on any atom is 0.236 e. The molecule has 2 unspecified atom stereocenters.